The Labute approximate surface area is 321 Å². The van der Waals surface area contributed by atoms with Crippen molar-refractivity contribution in [2.24, 2.45) is 0 Å². The van der Waals surface area contributed by atoms with Crippen LogP contribution in [0.4, 0.5) is 17.1 Å². The molecule has 0 fully saturated rings. The molecule has 0 amide bonds. The molecule has 1 nitrogen and oxygen atoms in total. The molecule has 2 unspecified atom stereocenters. The maximum atomic E-state index is 2.49. The maximum absolute atomic E-state index is 2.49. The average Bonchev–Trinajstić information content (AvgIpc) is 3.64. The van der Waals surface area contributed by atoms with Crippen molar-refractivity contribution < 1.29 is 0 Å². The fourth-order valence-electron chi connectivity index (χ4n) is 8.17. The largest absolute Gasteiger partial charge is 0.309 e. The topological polar surface area (TPSA) is 3.24 Å². The van der Waals surface area contributed by atoms with E-state index in [-0.39, 0.29) is 0 Å². The molecule has 0 aromatic heterocycles. The van der Waals surface area contributed by atoms with Crippen molar-refractivity contribution in [1.82, 2.24) is 0 Å². The van der Waals surface area contributed by atoms with Crippen molar-refractivity contribution >= 4 is 39.6 Å². The zero-order chi connectivity index (χ0) is 35.8. The summed E-state index contributed by atoms with van der Waals surface area (Å²) in [6.07, 6.45) is 9.10. The van der Waals surface area contributed by atoms with E-state index in [1.165, 1.54) is 65.7 Å². The van der Waals surface area contributed by atoms with Gasteiger partial charge in [-0.15, -0.1) is 11.8 Å². The summed E-state index contributed by atoms with van der Waals surface area (Å²) in [4.78, 5) is 3.88. The standard InChI is InChI=1S/C52H37NS/c1-3-16-37(17-4-1)44-23-9-11-27-49(44)53(43-22-13-21-42(34-43)46-25-14-26-48-47-24-10-12-28-51(47)54-52(46)48)50-35-41(31-32-45(50)38-18-5-2-6-19-38)40-30-29-36-15-7-8-20-39(36)33-40/h1-35,47,51H. The van der Waals surface area contributed by atoms with Crippen LogP contribution in [0.2, 0.25) is 0 Å². The molecular formula is C52H37NS. The summed E-state index contributed by atoms with van der Waals surface area (Å²) in [6, 6.07) is 68.8. The number of benzene rings is 8. The minimum absolute atomic E-state index is 0.415. The van der Waals surface area contributed by atoms with Crippen molar-refractivity contribution in [3.63, 3.8) is 0 Å². The first-order valence-electron chi connectivity index (χ1n) is 18.7. The van der Waals surface area contributed by atoms with E-state index in [0.29, 0.717) is 11.2 Å². The van der Waals surface area contributed by atoms with Crippen molar-refractivity contribution in [2.45, 2.75) is 16.1 Å². The third-order valence-electron chi connectivity index (χ3n) is 10.8. The summed E-state index contributed by atoms with van der Waals surface area (Å²) in [7, 11) is 0. The lowest BCUT2D eigenvalue weighted by molar-refractivity contribution is 0.881. The van der Waals surface area contributed by atoms with Gasteiger partial charge in [-0.2, -0.15) is 0 Å². The van der Waals surface area contributed by atoms with Gasteiger partial charge >= 0.3 is 0 Å². The fraction of sp³-hybridized carbons (Fsp3) is 0.0385. The average molecular weight is 708 g/mol. The molecule has 0 saturated carbocycles. The van der Waals surface area contributed by atoms with Gasteiger partial charge in [0.15, 0.2) is 0 Å². The van der Waals surface area contributed by atoms with Crippen LogP contribution in [0.5, 0.6) is 0 Å². The lowest BCUT2D eigenvalue weighted by Gasteiger charge is -2.31. The minimum Gasteiger partial charge on any atom is -0.309 e. The van der Waals surface area contributed by atoms with Gasteiger partial charge in [0.1, 0.15) is 0 Å². The Bertz CT molecular complexity index is 2710. The van der Waals surface area contributed by atoms with Crippen LogP contribution in [-0.2, 0) is 0 Å². The highest BCUT2D eigenvalue weighted by molar-refractivity contribution is 8.00. The van der Waals surface area contributed by atoms with Gasteiger partial charge in [-0.05, 0) is 80.0 Å². The van der Waals surface area contributed by atoms with E-state index in [2.05, 4.69) is 217 Å². The Balaban J connectivity index is 1.21. The summed E-state index contributed by atoms with van der Waals surface area (Å²) in [5, 5.41) is 2.92. The van der Waals surface area contributed by atoms with Crippen LogP contribution >= 0.6 is 11.8 Å². The van der Waals surface area contributed by atoms with E-state index in [0.717, 1.165) is 17.1 Å². The summed E-state index contributed by atoms with van der Waals surface area (Å²) in [5.41, 5.74) is 14.4. The smallest absolute Gasteiger partial charge is 0.0546 e. The highest BCUT2D eigenvalue weighted by atomic mass is 32.2. The van der Waals surface area contributed by atoms with Gasteiger partial charge in [-0.1, -0.05) is 182 Å². The van der Waals surface area contributed by atoms with Gasteiger partial charge in [0.25, 0.3) is 0 Å². The molecule has 256 valence electrons. The molecule has 1 heterocycles. The number of anilines is 3. The number of fused-ring (bicyclic) bond motifs is 4. The van der Waals surface area contributed by atoms with Crippen LogP contribution in [0.15, 0.2) is 217 Å². The number of rotatable bonds is 7. The number of nitrogens with zero attached hydrogens (tertiary/aromatic N) is 1. The predicted molar refractivity (Wildman–Crippen MR) is 231 cm³/mol. The monoisotopic (exact) mass is 707 g/mol. The summed E-state index contributed by atoms with van der Waals surface area (Å²) >= 11 is 2.00. The summed E-state index contributed by atoms with van der Waals surface area (Å²) < 4.78 is 0. The van der Waals surface area contributed by atoms with Gasteiger partial charge < -0.3 is 4.90 Å². The molecule has 0 radical (unpaired) electrons. The van der Waals surface area contributed by atoms with Gasteiger partial charge in [0.05, 0.1) is 11.4 Å². The number of para-hydroxylation sites is 1. The van der Waals surface area contributed by atoms with E-state index >= 15 is 0 Å². The first-order chi connectivity index (χ1) is 26.8. The molecule has 2 aliphatic rings. The Morgan fingerprint density at radius 1 is 0.389 bits per heavy atom. The molecular weight excluding hydrogens is 671 g/mol. The molecule has 8 aromatic carbocycles. The molecule has 0 spiro atoms. The van der Waals surface area contributed by atoms with Crippen molar-refractivity contribution in [1.29, 1.82) is 0 Å². The van der Waals surface area contributed by atoms with Crippen LogP contribution in [0.25, 0.3) is 55.3 Å². The molecule has 8 aromatic rings. The SMILES string of the molecule is C1=CC2Sc3c(-c4cccc(N(c5ccccc5-c5ccccc5)c5cc(-c6ccc7ccccc7c6)ccc5-c5ccccc5)c4)cccc3C2C=C1. The third-order valence-corrected chi connectivity index (χ3v) is 12.2. The third kappa shape index (κ3) is 5.86. The maximum Gasteiger partial charge on any atom is 0.0546 e. The number of thioether (sulfide) groups is 1. The quantitative estimate of drug-likeness (QED) is 0.162. The second-order valence-electron chi connectivity index (χ2n) is 14.0. The zero-order valence-electron chi connectivity index (χ0n) is 29.7. The fourth-order valence-corrected chi connectivity index (χ4v) is 9.65. The first-order valence-corrected chi connectivity index (χ1v) is 19.5. The molecule has 2 atom stereocenters. The van der Waals surface area contributed by atoms with E-state index in [1.54, 1.807) is 0 Å². The van der Waals surface area contributed by atoms with Crippen LogP contribution in [-0.4, -0.2) is 5.25 Å². The van der Waals surface area contributed by atoms with Gasteiger partial charge in [-0.3, -0.25) is 0 Å². The Hall–Kier alpha value is -6.35. The van der Waals surface area contributed by atoms with Gasteiger partial charge in [-0.25, -0.2) is 0 Å². The molecule has 54 heavy (non-hydrogen) atoms. The van der Waals surface area contributed by atoms with Crippen LogP contribution in [0.1, 0.15) is 11.5 Å². The highest BCUT2D eigenvalue weighted by Gasteiger charge is 2.33. The normalized spacial score (nSPS) is 15.6. The predicted octanol–water partition coefficient (Wildman–Crippen LogP) is 14.7. The number of allylic oxidation sites excluding steroid dienone is 3. The van der Waals surface area contributed by atoms with Crippen LogP contribution in [0, 0.1) is 0 Å². The second-order valence-corrected chi connectivity index (χ2v) is 15.2. The molecule has 2 heteroatoms. The minimum atomic E-state index is 0.415. The van der Waals surface area contributed by atoms with E-state index in [9.17, 15) is 0 Å². The zero-order valence-corrected chi connectivity index (χ0v) is 30.5. The molecule has 10 rings (SSSR count). The molecule has 1 aliphatic carbocycles. The highest BCUT2D eigenvalue weighted by Crippen LogP contribution is 2.52. The lowest BCUT2D eigenvalue weighted by atomic mass is 9.90. The molecule has 0 bridgehead atoms. The summed E-state index contributed by atoms with van der Waals surface area (Å²) in [5.74, 6) is 0.415. The molecule has 0 saturated heterocycles. The Kier molecular flexibility index (Phi) is 8.31. The lowest BCUT2D eigenvalue weighted by Crippen LogP contribution is -2.13. The van der Waals surface area contributed by atoms with Gasteiger partial charge in [0, 0.05) is 32.9 Å². The van der Waals surface area contributed by atoms with Crippen molar-refractivity contribution in [2.75, 3.05) is 4.90 Å². The first kappa shape index (κ1) is 32.3. The molecule has 1 aliphatic heterocycles. The Morgan fingerprint density at radius 3 is 1.85 bits per heavy atom. The van der Waals surface area contributed by atoms with E-state index < -0.39 is 0 Å². The second kappa shape index (κ2) is 13.9. The number of hydrogen-bond acceptors (Lipinski definition) is 2. The van der Waals surface area contributed by atoms with Crippen LogP contribution < -0.4 is 4.90 Å². The van der Waals surface area contributed by atoms with E-state index in [1.807, 2.05) is 11.8 Å². The van der Waals surface area contributed by atoms with Crippen LogP contribution in [0.3, 0.4) is 0 Å². The molecule has 0 N–H and O–H groups in total. The van der Waals surface area contributed by atoms with Crippen molar-refractivity contribution in [3.05, 3.63) is 218 Å². The number of hydrogen-bond donors (Lipinski definition) is 0. The Morgan fingerprint density at radius 2 is 1.02 bits per heavy atom. The summed E-state index contributed by atoms with van der Waals surface area (Å²) in [6.45, 7) is 0. The van der Waals surface area contributed by atoms with Gasteiger partial charge in [0.2, 0.25) is 0 Å². The van der Waals surface area contributed by atoms with Crippen molar-refractivity contribution in [3.8, 4) is 44.5 Å². The van der Waals surface area contributed by atoms with E-state index in [4.69, 9.17) is 0 Å².